The van der Waals surface area contributed by atoms with Crippen LogP contribution in [0.5, 0.6) is 0 Å². The van der Waals surface area contributed by atoms with Gasteiger partial charge in [0.15, 0.2) is 0 Å². The lowest BCUT2D eigenvalue weighted by Gasteiger charge is -2.12. The molecule has 2 aromatic rings. The van der Waals surface area contributed by atoms with Gasteiger partial charge >= 0.3 is 0 Å². The van der Waals surface area contributed by atoms with E-state index in [1.54, 1.807) is 18.2 Å². The molecule has 0 atom stereocenters. The Kier molecular flexibility index (Phi) is 5.12. The van der Waals surface area contributed by atoms with E-state index in [0.29, 0.717) is 5.56 Å². The molecule has 0 fully saturated rings. The van der Waals surface area contributed by atoms with Gasteiger partial charge in [-0.15, -0.1) is 0 Å². The quantitative estimate of drug-likeness (QED) is 0.694. The summed E-state index contributed by atoms with van der Waals surface area (Å²) in [5, 5.41) is 3.97. The topological polar surface area (TPSA) is 44.7 Å². The van der Waals surface area contributed by atoms with Gasteiger partial charge in [-0.1, -0.05) is 17.7 Å². The molecule has 4 nitrogen and oxygen atoms in total. The first-order chi connectivity index (χ1) is 10.5. The number of benzene rings is 2. The Bertz CT molecular complexity index is 679. The summed E-state index contributed by atoms with van der Waals surface area (Å²) in [4.78, 5) is 13.9. The average Bonchev–Trinajstić information content (AvgIpc) is 2.50. The van der Waals surface area contributed by atoms with Crippen molar-refractivity contribution in [1.82, 2.24) is 5.43 Å². The summed E-state index contributed by atoms with van der Waals surface area (Å²) in [6.45, 7) is 0. The summed E-state index contributed by atoms with van der Waals surface area (Å²) >= 11 is 5.86. The highest BCUT2D eigenvalue weighted by atomic mass is 35.5. The van der Waals surface area contributed by atoms with Gasteiger partial charge in [0.2, 0.25) is 0 Å². The van der Waals surface area contributed by atoms with Crippen molar-refractivity contribution in [1.29, 1.82) is 0 Å². The van der Waals surface area contributed by atoms with Crippen molar-refractivity contribution in [2.24, 2.45) is 5.10 Å². The molecule has 0 saturated carbocycles. The Morgan fingerprint density at radius 3 is 2.50 bits per heavy atom. The number of carbonyl (C=O) groups is 1. The summed E-state index contributed by atoms with van der Waals surface area (Å²) in [6.07, 6.45) is 1.18. The van der Waals surface area contributed by atoms with Crippen LogP contribution in [0, 0.1) is 5.82 Å². The van der Waals surface area contributed by atoms with Gasteiger partial charge in [0.25, 0.3) is 5.91 Å². The molecule has 0 saturated heterocycles. The van der Waals surface area contributed by atoms with Crippen LogP contribution in [-0.4, -0.2) is 26.2 Å². The predicted molar refractivity (Wildman–Crippen MR) is 87.2 cm³/mol. The molecular weight excluding hydrogens is 305 g/mol. The molecule has 0 radical (unpaired) electrons. The first-order valence-electron chi connectivity index (χ1n) is 6.54. The number of hydrogen-bond acceptors (Lipinski definition) is 3. The molecule has 0 bridgehead atoms. The number of rotatable bonds is 4. The first-order valence-corrected chi connectivity index (χ1v) is 6.91. The summed E-state index contributed by atoms with van der Waals surface area (Å²) in [5.41, 5.74) is 3.92. The Labute approximate surface area is 133 Å². The maximum Gasteiger partial charge on any atom is 0.271 e. The van der Waals surface area contributed by atoms with E-state index in [-0.39, 0.29) is 16.5 Å². The lowest BCUT2D eigenvalue weighted by molar-refractivity contribution is 0.0955. The number of hydrogen-bond donors (Lipinski definition) is 1. The minimum Gasteiger partial charge on any atom is -0.378 e. The van der Waals surface area contributed by atoms with E-state index in [4.69, 9.17) is 11.6 Å². The number of nitrogens with one attached hydrogen (secondary N) is 1. The van der Waals surface area contributed by atoms with Gasteiger partial charge in [0.05, 0.1) is 11.2 Å². The normalized spacial score (nSPS) is 10.7. The fourth-order valence-electron chi connectivity index (χ4n) is 1.76. The molecule has 0 aliphatic carbocycles. The third kappa shape index (κ3) is 3.83. The van der Waals surface area contributed by atoms with E-state index in [1.165, 1.54) is 18.3 Å². The Morgan fingerprint density at radius 2 is 1.91 bits per heavy atom. The van der Waals surface area contributed by atoms with Gasteiger partial charge in [0.1, 0.15) is 5.82 Å². The van der Waals surface area contributed by atoms with Crippen LogP contribution in [0.4, 0.5) is 10.1 Å². The van der Waals surface area contributed by atoms with Crippen LogP contribution < -0.4 is 10.3 Å². The molecule has 0 unspecified atom stereocenters. The first kappa shape index (κ1) is 16.0. The molecule has 0 spiro atoms. The van der Waals surface area contributed by atoms with Crippen molar-refractivity contribution < 1.29 is 9.18 Å². The number of amides is 1. The molecule has 0 aromatic heterocycles. The molecule has 2 aromatic carbocycles. The maximum atomic E-state index is 13.5. The maximum absolute atomic E-state index is 13.5. The number of hydrazone groups is 1. The summed E-state index contributed by atoms with van der Waals surface area (Å²) in [6, 6.07) is 11.4. The highest BCUT2D eigenvalue weighted by Crippen LogP contribution is 2.16. The number of halogens is 2. The molecule has 0 heterocycles. The smallest absolute Gasteiger partial charge is 0.271 e. The Morgan fingerprint density at radius 1 is 1.23 bits per heavy atom. The standard InChI is InChI=1S/C16H15ClFN3O/c1-21(2)12-8-6-11(7-9-12)16(22)20-19-10-13-14(17)4-3-5-15(13)18/h3-10H,1-2H3,(H,20,22)/b19-10+. The van der Waals surface area contributed by atoms with Crippen LogP contribution in [0.3, 0.4) is 0 Å². The van der Waals surface area contributed by atoms with Gasteiger partial charge < -0.3 is 4.90 Å². The summed E-state index contributed by atoms with van der Waals surface area (Å²) in [5.74, 6) is -0.880. The number of nitrogens with zero attached hydrogens (tertiary/aromatic N) is 2. The highest BCUT2D eigenvalue weighted by molar-refractivity contribution is 6.33. The van der Waals surface area contributed by atoms with Crippen molar-refractivity contribution in [2.45, 2.75) is 0 Å². The molecule has 0 aliphatic rings. The molecule has 1 amide bonds. The minimum absolute atomic E-state index is 0.132. The summed E-state index contributed by atoms with van der Waals surface area (Å²) in [7, 11) is 3.83. The van der Waals surface area contributed by atoms with Crippen molar-refractivity contribution >= 4 is 29.4 Å². The van der Waals surface area contributed by atoms with Gasteiger partial charge in [-0.3, -0.25) is 4.79 Å². The number of carbonyl (C=O) groups excluding carboxylic acids is 1. The van der Waals surface area contributed by atoms with Crippen LogP contribution >= 0.6 is 11.6 Å². The van der Waals surface area contributed by atoms with Crippen LogP contribution in [0.1, 0.15) is 15.9 Å². The zero-order valence-electron chi connectivity index (χ0n) is 12.2. The highest BCUT2D eigenvalue weighted by Gasteiger charge is 2.06. The summed E-state index contributed by atoms with van der Waals surface area (Å²) < 4.78 is 13.5. The van der Waals surface area contributed by atoms with Crippen molar-refractivity contribution in [3.8, 4) is 0 Å². The van der Waals surface area contributed by atoms with Gasteiger partial charge in [-0.25, -0.2) is 9.82 Å². The lowest BCUT2D eigenvalue weighted by Crippen LogP contribution is -2.18. The fourth-order valence-corrected chi connectivity index (χ4v) is 1.98. The van der Waals surface area contributed by atoms with E-state index in [2.05, 4.69) is 10.5 Å². The average molecular weight is 320 g/mol. The second-order valence-electron chi connectivity index (χ2n) is 4.78. The van der Waals surface area contributed by atoms with Crippen LogP contribution in [-0.2, 0) is 0 Å². The molecule has 0 aliphatic heterocycles. The van der Waals surface area contributed by atoms with Crippen LogP contribution in [0.15, 0.2) is 47.6 Å². The second kappa shape index (κ2) is 7.04. The van der Waals surface area contributed by atoms with Crippen LogP contribution in [0.25, 0.3) is 0 Å². The van der Waals surface area contributed by atoms with E-state index < -0.39 is 5.82 Å². The molecular formula is C16H15ClFN3O. The predicted octanol–water partition coefficient (Wildman–Crippen LogP) is 3.31. The van der Waals surface area contributed by atoms with Crippen LogP contribution in [0.2, 0.25) is 5.02 Å². The SMILES string of the molecule is CN(C)c1ccc(C(=O)N/N=C/c2c(F)cccc2Cl)cc1. The Balaban J connectivity index is 2.05. The van der Waals surface area contributed by atoms with Gasteiger partial charge in [-0.05, 0) is 36.4 Å². The van der Waals surface area contributed by atoms with Crippen molar-refractivity contribution in [2.75, 3.05) is 19.0 Å². The molecule has 22 heavy (non-hydrogen) atoms. The third-order valence-corrected chi connectivity index (χ3v) is 3.33. The number of anilines is 1. The third-order valence-electron chi connectivity index (χ3n) is 3.01. The van der Waals surface area contributed by atoms with Crippen molar-refractivity contribution in [3.05, 3.63) is 64.4 Å². The van der Waals surface area contributed by atoms with Gasteiger partial charge in [-0.2, -0.15) is 5.10 Å². The largest absolute Gasteiger partial charge is 0.378 e. The zero-order chi connectivity index (χ0) is 16.1. The lowest BCUT2D eigenvalue weighted by atomic mass is 10.2. The van der Waals surface area contributed by atoms with E-state index in [9.17, 15) is 9.18 Å². The Hall–Kier alpha value is -2.40. The van der Waals surface area contributed by atoms with Crippen molar-refractivity contribution in [3.63, 3.8) is 0 Å². The van der Waals surface area contributed by atoms with E-state index in [0.717, 1.165) is 5.69 Å². The fraction of sp³-hybridized carbons (Fsp3) is 0.125. The minimum atomic E-state index is -0.499. The molecule has 1 N–H and O–H groups in total. The molecule has 6 heteroatoms. The van der Waals surface area contributed by atoms with Gasteiger partial charge in [0, 0.05) is 30.9 Å². The van der Waals surface area contributed by atoms with E-state index in [1.807, 2.05) is 31.1 Å². The zero-order valence-corrected chi connectivity index (χ0v) is 12.9. The molecule has 114 valence electrons. The second-order valence-corrected chi connectivity index (χ2v) is 5.18. The molecule has 2 rings (SSSR count). The monoisotopic (exact) mass is 319 g/mol. The van der Waals surface area contributed by atoms with E-state index >= 15 is 0 Å².